The first-order valence-corrected chi connectivity index (χ1v) is 8.24. The molecular formula is C15H25N5S. The highest BCUT2D eigenvalue weighted by atomic mass is 32.1. The Labute approximate surface area is 130 Å². The van der Waals surface area contributed by atoms with Gasteiger partial charge in [-0.2, -0.15) is 5.10 Å². The molecule has 0 bridgehead atoms. The van der Waals surface area contributed by atoms with Crippen molar-refractivity contribution < 1.29 is 0 Å². The molecule has 2 aromatic rings. The minimum atomic E-state index is 0.0119. The molecule has 0 saturated carbocycles. The molecule has 0 spiro atoms. The Kier molecular flexibility index (Phi) is 4.78. The van der Waals surface area contributed by atoms with Crippen molar-refractivity contribution in [2.45, 2.75) is 66.1 Å². The van der Waals surface area contributed by atoms with Crippen LogP contribution in [0.2, 0.25) is 0 Å². The fourth-order valence-corrected chi connectivity index (χ4v) is 2.83. The second kappa shape index (κ2) is 6.23. The first-order valence-electron chi connectivity index (χ1n) is 7.42. The van der Waals surface area contributed by atoms with E-state index in [0.717, 1.165) is 28.7 Å². The summed E-state index contributed by atoms with van der Waals surface area (Å²) in [7, 11) is 0. The molecule has 0 radical (unpaired) electrons. The van der Waals surface area contributed by atoms with Crippen LogP contribution in [0, 0.1) is 6.92 Å². The summed E-state index contributed by atoms with van der Waals surface area (Å²) in [5.74, 6) is 0. The first-order chi connectivity index (χ1) is 9.81. The zero-order valence-corrected chi connectivity index (χ0v) is 14.6. The van der Waals surface area contributed by atoms with E-state index in [0.29, 0.717) is 0 Å². The molecular weight excluding hydrogens is 282 g/mol. The molecule has 0 aliphatic heterocycles. The number of rotatable bonds is 5. The smallest absolute Gasteiger partial charge is 0.131 e. The van der Waals surface area contributed by atoms with Gasteiger partial charge in [0.25, 0.3) is 0 Å². The SMILES string of the molecule is CCc1nnc(CNC(C)c2cn(C(C)(C)C)nc2C)s1. The van der Waals surface area contributed by atoms with E-state index in [2.05, 4.69) is 68.4 Å². The van der Waals surface area contributed by atoms with Gasteiger partial charge in [0.2, 0.25) is 0 Å². The van der Waals surface area contributed by atoms with Crippen molar-refractivity contribution in [3.05, 3.63) is 27.5 Å². The standard InChI is InChI=1S/C15H25N5S/c1-7-13-17-18-14(21-13)8-16-10(2)12-9-20(15(4,5)6)19-11(12)3/h9-10,16H,7-8H2,1-6H3. The number of nitrogens with zero attached hydrogens (tertiary/aromatic N) is 4. The van der Waals surface area contributed by atoms with Gasteiger partial charge in [0.15, 0.2) is 0 Å². The van der Waals surface area contributed by atoms with Crippen LogP contribution < -0.4 is 5.32 Å². The van der Waals surface area contributed by atoms with E-state index in [1.165, 1.54) is 5.56 Å². The molecule has 116 valence electrons. The van der Waals surface area contributed by atoms with Gasteiger partial charge in [0.05, 0.1) is 17.8 Å². The van der Waals surface area contributed by atoms with Crippen LogP contribution in [0.4, 0.5) is 0 Å². The van der Waals surface area contributed by atoms with Crippen molar-refractivity contribution in [2.24, 2.45) is 0 Å². The van der Waals surface area contributed by atoms with Crippen LogP contribution in [0.3, 0.4) is 0 Å². The quantitative estimate of drug-likeness (QED) is 0.921. The Morgan fingerprint density at radius 2 is 1.95 bits per heavy atom. The molecule has 6 heteroatoms. The Hall–Kier alpha value is -1.27. The van der Waals surface area contributed by atoms with Crippen LogP contribution in [0.1, 0.15) is 61.9 Å². The summed E-state index contributed by atoms with van der Waals surface area (Å²) < 4.78 is 2.04. The normalized spacial score (nSPS) is 13.6. The van der Waals surface area contributed by atoms with Gasteiger partial charge < -0.3 is 5.32 Å². The number of aryl methyl sites for hydroxylation is 2. The molecule has 0 fully saturated rings. The summed E-state index contributed by atoms with van der Waals surface area (Å²) in [6.45, 7) is 13.6. The molecule has 0 amide bonds. The zero-order chi connectivity index (χ0) is 15.6. The number of hydrogen-bond acceptors (Lipinski definition) is 5. The van der Waals surface area contributed by atoms with E-state index < -0.39 is 0 Å². The lowest BCUT2D eigenvalue weighted by molar-refractivity contribution is 0.353. The molecule has 21 heavy (non-hydrogen) atoms. The van der Waals surface area contributed by atoms with Crippen molar-refractivity contribution >= 4 is 11.3 Å². The van der Waals surface area contributed by atoms with Gasteiger partial charge in [-0.3, -0.25) is 4.68 Å². The lowest BCUT2D eigenvalue weighted by Crippen LogP contribution is -2.22. The predicted octanol–water partition coefficient (Wildman–Crippen LogP) is 3.21. The summed E-state index contributed by atoms with van der Waals surface area (Å²) in [5, 5.41) is 18.6. The fourth-order valence-electron chi connectivity index (χ4n) is 2.10. The Bertz CT molecular complexity index is 593. The summed E-state index contributed by atoms with van der Waals surface area (Å²) in [4.78, 5) is 0. The molecule has 0 aliphatic carbocycles. The molecule has 0 aromatic carbocycles. The average Bonchev–Trinajstić information content (AvgIpc) is 3.01. The van der Waals surface area contributed by atoms with Crippen molar-refractivity contribution in [3.8, 4) is 0 Å². The van der Waals surface area contributed by atoms with Crippen LogP contribution in [0.5, 0.6) is 0 Å². The van der Waals surface area contributed by atoms with Gasteiger partial charge in [-0.05, 0) is 41.0 Å². The number of aromatic nitrogens is 4. The fraction of sp³-hybridized carbons (Fsp3) is 0.667. The Balaban J connectivity index is 2.03. The average molecular weight is 307 g/mol. The maximum Gasteiger partial charge on any atom is 0.131 e. The topological polar surface area (TPSA) is 55.6 Å². The predicted molar refractivity (Wildman–Crippen MR) is 86.5 cm³/mol. The number of nitrogens with one attached hydrogen (secondary N) is 1. The van der Waals surface area contributed by atoms with E-state index in [4.69, 9.17) is 0 Å². The van der Waals surface area contributed by atoms with Crippen molar-refractivity contribution in [1.82, 2.24) is 25.3 Å². The van der Waals surface area contributed by atoms with Crippen LogP contribution in [0.15, 0.2) is 6.20 Å². The molecule has 0 saturated heterocycles. The minimum absolute atomic E-state index is 0.0119. The van der Waals surface area contributed by atoms with E-state index in [1.807, 2.05) is 4.68 Å². The highest BCUT2D eigenvalue weighted by Crippen LogP contribution is 2.21. The van der Waals surface area contributed by atoms with Crippen LogP contribution in [-0.2, 0) is 18.5 Å². The van der Waals surface area contributed by atoms with Crippen LogP contribution in [0.25, 0.3) is 0 Å². The van der Waals surface area contributed by atoms with E-state index >= 15 is 0 Å². The van der Waals surface area contributed by atoms with Gasteiger partial charge in [0, 0.05) is 17.8 Å². The van der Waals surface area contributed by atoms with E-state index in [1.54, 1.807) is 11.3 Å². The molecule has 5 nitrogen and oxygen atoms in total. The maximum absolute atomic E-state index is 4.63. The highest BCUT2D eigenvalue weighted by Gasteiger charge is 2.19. The lowest BCUT2D eigenvalue weighted by atomic mass is 10.1. The molecule has 1 atom stereocenters. The third-order valence-corrected chi connectivity index (χ3v) is 4.53. The van der Waals surface area contributed by atoms with Gasteiger partial charge in [-0.1, -0.05) is 6.92 Å². The summed E-state index contributed by atoms with van der Waals surface area (Å²) in [5.41, 5.74) is 2.33. The van der Waals surface area contributed by atoms with E-state index in [-0.39, 0.29) is 11.6 Å². The van der Waals surface area contributed by atoms with Gasteiger partial charge in [-0.15, -0.1) is 21.5 Å². The Morgan fingerprint density at radius 3 is 2.48 bits per heavy atom. The largest absolute Gasteiger partial charge is 0.304 e. The Morgan fingerprint density at radius 1 is 1.29 bits per heavy atom. The second-order valence-corrected chi connectivity index (χ2v) is 7.48. The molecule has 0 aliphatic rings. The van der Waals surface area contributed by atoms with Gasteiger partial charge in [0.1, 0.15) is 10.0 Å². The van der Waals surface area contributed by atoms with Crippen molar-refractivity contribution in [1.29, 1.82) is 0 Å². The van der Waals surface area contributed by atoms with E-state index in [9.17, 15) is 0 Å². The third kappa shape index (κ3) is 3.89. The van der Waals surface area contributed by atoms with Gasteiger partial charge >= 0.3 is 0 Å². The zero-order valence-electron chi connectivity index (χ0n) is 13.8. The molecule has 2 aromatic heterocycles. The first kappa shape index (κ1) is 16.1. The molecule has 2 heterocycles. The molecule has 1 unspecified atom stereocenters. The monoisotopic (exact) mass is 307 g/mol. The van der Waals surface area contributed by atoms with Crippen molar-refractivity contribution in [2.75, 3.05) is 0 Å². The highest BCUT2D eigenvalue weighted by molar-refractivity contribution is 7.11. The van der Waals surface area contributed by atoms with Gasteiger partial charge in [-0.25, -0.2) is 0 Å². The lowest BCUT2D eigenvalue weighted by Gasteiger charge is -2.19. The molecule has 2 rings (SSSR count). The summed E-state index contributed by atoms with van der Waals surface area (Å²) in [6.07, 6.45) is 3.09. The minimum Gasteiger partial charge on any atom is -0.304 e. The summed E-state index contributed by atoms with van der Waals surface area (Å²) >= 11 is 1.68. The van der Waals surface area contributed by atoms with Crippen LogP contribution in [-0.4, -0.2) is 20.0 Å². The van der Waals surface area contributed by atoms with Crippen LogP contribution >= 0.6 is 11.3 Å². The third-order valence-electron chi connectivity index (χ3n) is 3.46. The maximum atomic E-state index is 4.63. The second-order valence-electron chi connectivity index (χ2n) is 6.33. The summed E-state index contributed by atoms with van der Waals surface area (Å²) in [6, 6.07) is 0.245. The van der Waals surface area contributed by atoms with Crippen molar-refractivity contribution in [3.63, 3.8) is 0 Å². The number of hydrogen-bond donors (Lipinski definition) is 1. The molecule has 1 N–H and O–H groups in total.